The Hall–Kier alpha value is -4.42. The third-order valence-electron chi connectivity index (χ3n) is 5.62. The number of methoxy groups -OCH3 is 1. The van der Waals surface area contributed by atoms with Crippen LogP contribution in [0.1, 0.15) is 28.4 Å². The van der Waals surface area contributed by atoms with Crippen LogP contribution in [0, 0.1) is 0 Å². The van der Waals surface area contributed by atoms with E-state index in [9.17, 15) is 46.1 Å². The summed E-state index contributed by atoms with van der Waals surface area (Å²) in [6, 6.07) is 8.13. The zero-order valence-corrected chi connectivity index (χ0v) is 19.7. The smallest absolute Gasteiger partial charge is 0.411 e. The second-order valence-corrected chi connectivity index (χ2v) is 8.07. The Kier molecular flexibility index (Phi) is 7.52. The van der Waals surface area contributed by atoms with Crippen LogP contribution in [0.4, 0.5) is 37.7 Å². The molecular weight excluding hydrogens is 522 g/mol. The van der Waals surface area contributed by atoms with Crippen LogP contribution in [0.5, 0.6) is 17.2 Å². The number of phenolic OH excluding ortho intramolecular Hbond substituents is 2. The van der Waals surface area contributed by atoms with Crippen molar-refractivity contribution in [1.29, 1.82) is 0 Å². The molecular formula is C25H20F6N2O5. The summed E-state index contributed by atoms with van der Waals surface area (Å²) in [5.74, 6) is -2.95. The lowest BCUT2D eigenvalue weighted by Gasteiger charge is -2.38. The zero-order valence-electron chi connectivity index (χ0n) is 19.7. The summed E-state index contributed by atoms with van der Waals surface area (Å²) in [5.41, 5.74) is -8.88. The number of phenols is 2. The highest BCUT2D eigenvalue weighted by atomic mass is 19.4. The van der Waals surface area contributed by atoms with E-state index >= 15 is 0 Å². The van der Waals surface area contributed by atoms with Gasteiger partial charge in [0.15, 0.2) is 0 Å². The highest BCUT2D eigenvalue weighted by molar-refractivity contribution is 6.05. The number of hydrogen-bond acceptors (Lipinski definition) is 5. The maximum absolute atomic E-state index is 14.5. The van der Waals surface area contributed by atoms with Crippen molar-refractivity contribution < 1.29 is 50.9 Å². The average molecular weight is 542 g/mol. The van der Waals surface area contributed by atoms with Crippen molar-refractivity contribution in [2.24, 2.45) is 0 Å². The van der Waals surface area contributed by atoms with Gasteiger partial charge in [-0.1, -0.05) is 12.1 Å². The number of anilines is 2. The predicted molar refractivity (Wildman–Crippen MR) is 124 cm³/mol. The van der Waals surface area contributed by atoms with Crippen molar-refractivity contribution in [2.45, 2.75) is 24.7 Å². The van der Waals surface area contributed by atoms with E-state index in [0.717, 1.165) is 6.92 Å². The third-order valence-corrected chi connectivity index (χ3v) is 5.62. The normalized spacial score (nSPS) is 12.1. The number of nitrogens with one attached hydrogen (secondary N) is 2. The maximum Gasteiger partial charge on any atom is 0.411 e. The fraction of sp³-hybridized carbons (Fsp3) is 0.200. The second kappa shape index (κ2) is 10.1. The van der Waals surface area contributed by atoms with Crippen LogP contribution in [0.25, 0.3) is 0 Å². The lowest BCUT2D eigenvalue weighted by Crippen LogP contribution is -2.54. The lowest BCUT2D eigenvalue weighted by molar-refractivity contribution is -0.288. The molecule has 0 heterocycles. The van der Waals surface area contributed by atoms with E-state index in [-0.39, 0.29) is 5.56 Å². The number of rotatable bonds is 6. The molecule has 0 saturated heterocycles. The van der Waals surface area contributed by atoms with Gasteiger partial charge >= 0.3 is 12.4 Å². The van der Waals surface area contributed by atoms with E-state index in [0.29, 0.717) is 42.1 Å². The molecule has 0 unspecified atom stereocenters. The van der Waals surface area contributed by atoms with Crippen LogP contribution >= 0.6 is 0 Å². The Bertz CT molecular complexity index is 1340. The summed E-state index contributed by atoms with van der Waals surface area (Å²) in [7, 11) is 1.37. The minimum absolute atomic E-state index is 0.0213. The van der Waals surface area contributed by atoms with Crippen LogP contribution in [0.2, 0.25) is 0 Å². The van der Waals surface area contributed by atoms with Crippen LogP contribution in [0.3, 0.4) is 0 Å². The number of benzene rings is 3. The molecule has 2 amide bonds. The number of alkyl halides is 6. The van der Waals surface area contributed by atoms with Gasteiger partial charge < -0.3 is 25.6 Å². The van der Waals surface area contributed by atoms with E-state index < -0.39 is 63.6 Å². The average Bonchev–Trinajstić information content (AvgIpc) is 2.81. The van der Waals surface area contributed by atoms with Crippen molar-refractivity contribution >= 4 is 23.2 Å². The number of hydrogen-bond donors (Lipinski definition) is 4. The Labute approximate surface area is 211 Å². The Morgan fingerprint density at radius 1 is 0.737 bits per heavy atom. The molecule has 0 radical (unpaired) electrons. The van der Waals surface area contributed by atoms with Gasteiger partial charge in [0.25, 0.3) is 5.91 Å². The number of carbonyl (C=O) groups is 2. The first kappa shape index (κ1) is 28.2. The van der Waals surface area contributed by atoms with Gasteiger partial charge in [0.05, 0.1) is 18.5 Å². The van der Waals surface area contributed by atoms with Gasteiger partial charge in [-0.25, -0.2) is 0 Å². The molecule has 0 aliphatic heterocycles. The quantitative estimate of drug-likeness (QED) is 0.235. The maximum atomic E-state index is 14.5. The number of halogens is 6. The van der Waals surface area contributed by atoms with E-state index in [2.05, 4.69) is 5.32 Å². The molecule has 0 aliphatic rings. The van der Waals surface area contributed by atoms with Crippen LogP contribution in [-0.2, 0) is 10.2 Å². The molecule has 3 aromatic rings. The zero-order chi connectivity index (χ0) is 28.5. The monoisotopic (exact) mass is 542 g/mol. The molecule has 0 aliphatic carbocycles. The largest absolute Gasteiger partial charge is 0.506 e. The molecule has 0 saturated carbocycles. The fourth-order valence-electron chi connectivity index (χ4n) is 3.85. The molecule has 38 heavy (non-hydrogen) atoms. The topological polar surface area (TPSA) is 108 Å². The molecule has 0 atom stereocenters. The molecule has 0 aromatic heterocycles. The molecule has 0 fully saturated rings. The summed E-state index contributed by atoms with van der Waals surface area (Å²) >= 11 is 0. The Morgan fingerprint density at radius 2 is 1.18 bits per heavy atom. The molecule has 13 heteroatoms. The van der Waals surface area contributed by atoms with Gasteiger partial charge in [0.1, 0.15) is 17.2 Å². The van der Waals surface area contributed by atoms with Gasteiger partial charge in [-0.3, -0.25) is 9.59 Å². The highest BCUT2D eigenvalue weighted by Gasteiger charge is 2.72. The van der Waals surface area contributed by atoms with Crippen molar-refractivity contribution in [3.8, 4) is 17.2 Å². The van der Waals surface area contributed by atoms with E-state index in [1.165, 1.54) is 31.4 Å². The molecule has 0 bridgehead atoms. The highest BCUT2D eigenvalue weighted by Crippen LogP contribution is 2.57. The fourth-order valence-corrected chi connectivity index (χ4v) is 3.85. The first-order valence-electron chi connectivity index (χ1n) is 10.6. The summed E-state index contributed by atoms with van der Waals surface area (Å²) in [4.78, 5) is 24.0. The second-order valence-electron chi connectivity index (χ2n) is 8.07. The lowest BCUT2D eigenvalue weighted by atomic mass is 9.72. The van der Waals surface area contributed by atoms with Crippen LogP contribution in [-0.4, -0.2) is 41.5 Å². The number of carbonyl (C=O) groups excluding carboxylic acids is 2. The van der Waals surface area contributed by atoms with Gasteiger partial charge in [-0.05, 0) is 59.7 Å². The first-order chi connectivity index (χ1) is 17.6. The molecule has 3 aromatic carbocycles. The third kappa shape index (κ3) is 5.17. The van der Waals surface area contributed by atoms with Crippen molar-refractivity contribution in [3.05, 3.63) is 77.4 Å². The van der Waals surface area contributed by atoms with Crippen molar-refractivity contribution in [3.63, 3.8) is 0 Å². The SMILES string of the molecule is COc1ccc(C(=O)Nc2cc(C(c3ccc(O)c(NC(C)=O)c3)(C(F)(F)F)C(F)(F)F)ccc2O)cc1. The van der Waals surface area contributed by atoms with E-state index in [1.54, 1.807) is 0 Å². The van der Waals surface area contributed by atoms with Crippen molar-refractivity contribution in [2.75, 3.05) is 17.7 Å². The first-order valence-corrected chi connectivity index (χ1v) is 10.6. The van der Waals surface area contributed by atoms with E-state index in [4.69, 9.17) is 4.74 Å². The Balaban J connectivity index is 2.21. The number of aromatic hydroxyl groups is 2. The number of ether oxygens (including phenoxy) is 1. The van der Waals surface area contributed by atoms with Gasteiger partial charge in [0.2, 0.25) is 11.3 Å². The Morgan fingerprint density at radius 3 is 1.58 bits per heavy atom. The molecule has 202 valence electrons. The summed E-state index contributed by atoms with van der Waals surface area (Å²) in [6.45, 7) is 0.949. The number of amides is 2. The minimum atomic E-state index is -6.01. The summed E-state index contributed by atoms with van der Waals surface area (Å²) < 4.78 is 92.2. The van der Waals surface area contributed by atoms with Gasteiger partial charge in [-0.2, -0.15) is 26.3 Å². The predicted octanol–water partition coefficient (Wildman–Crippen LogP) is 5.73. The van der Waals surface area contributed by atoms with Gasteiger partial charge in [-0.15, -0.1) is 0 Å². The molecule has 7 nitrogen and oxygen atoms in total. The van der Waals surface area contributed by atoms with E-state index in [1.807, 2.05) is 5.32 Å². The standard InChI is InChI=1S/C25H20F6N2O5/c1-13(34)32-18-11-15(5-9-20(18)35)23(24(26,27)28,25(29,30)31)16-6-10-21(36)19(12-16)33-22(37)14-3-7-17(38-2)8-4-14/h3-12,35-36H,1-2H3,(H,32,34)(H,33,37). The molecule has 3 rings (SSSR count). The minimum Gasteiger partial charge on any atom is -0.506 e. The summed E-state index contributed by atoms with van der Waals surface area (Å²) in [5, 5.41) is 24.1. The van der Waals surface area contributed by atoms with Crippen LogP contribution < -0.4 is 15.4 Å². The van der Waals surface area contributed by atoms with Crippen LogP contribution in [0.15, 0.2) is 60.7 Å². The molecule has 0 spiro atoms. The van der Waals surface area contributed by atoms with Crippen molar-refractivity contribution in [1.82, 2.24) is 0 Å². The summed E-state index contributed by atoms with van der Waals surface area (Å²) in [6.07, 6.45) is -12.0. The molecule has 4 N–H and O–H groups in total. The van der Waals surface area contributed by atoms with Gasteiger partial charge in [0, 0.05) is 12.5 Å².